The van der Waals surface area contributed by atoms with E-state index in [9.17, 15) is 5.11 Å². The van der Waals surface area contributed by atoms with Crippen LogP contribution in [0.15, 0.2) is 48.5 Å². The van der Waals surface area contributed by atoms with Gasteiger partial charge in [-0.15, -0.1) is 0 Å². The van der Waals surface area contributed by atoms with Crippen LogP contribution in [0.3, 0.4) is 0 Å². The van der Waals surface area contributed by atoms with E-state index in [0.717, 1.165) is 12.0 Å². The van der Waals surface area contributed by atoms with Crippen molar-refractivity contribution >= 4 is 23.2 Å². The maximum absolute atomic E-state index is 9.46. The van der Waals surface area contributed by atoms with Crippen LogP contribution in [0.25, 0.3) is 0 Å². The van der Waals surface area contributed by atoms with Gasteiger partial charge in [0.15, 0.2) is 0 Å². The molecule has 2 aromatic carbocycles. The van der Waals surface area contributed by atoms with Crippen LogP contribution in [-0.2, 0) is 13.0 Å². The second-order valence-corrected chi connectivity index (χ2v) is 5.60. The van der Waals surface area contributed by atoms with Gasteiger partial charge in [-0.2, -0.15) is 0 Å². The maximum atomic E-state index is 9.46. The normalized spacial score (nSPS) is 12.3. The van der Waals surface area contributed by atoms with Gasteiger partial charge in [-0.1, -0.05) is 53.5 Å². The first-order valence-corrected chi connectivity index (χ1v) is 7.26. The van der Waals surface area contributed by atoms with E-state index in [2.05, 4.69) is 17.4 Å². The molecule has 0 saturated heterocycles. The lowest BCUT2D eigenvalue weighted by Crippen LogP contribution is -2.34. The first-order valence-electron chi connectivity index (χ1n) is 6.50. The van der Waals surface area contributed by atoms with Crippen LogP contribution >= 0.6 is 23.2 Å². The fraction of sp³-hybridized carbons (Fsp3) is 0.250. The summed E-state index contributed by atoms with van der Waals surface area (Å²) in [6.07, 6.45) is 0.783. The smallest absolute Gasteiger partial charge is 0.0587 e. The number of aliphatic hydroxyl groups excluding tert-OH is 1. The van der Waals surface area contributed by atoms with Crippen molar-refractivity contribution in [2.45, 2.75) is 19.0 Å². The number of benzene rings is 2. The minimum atomic E-state index is 0.00940. The molecule has 0 amide bonds. The van der Waals surface area contributed by atoms with Crippen molar-refractivity contribution in [3.63, 3.8) is 0 Å². The van der Waals surface area contributed by atoms with Crippen molar-refractivity contribution in [1.82, 2.24) is 5.32 Å². The van der Waals surface area contributed by atoms with E-state index in [1.54, 1.807) is 6.07 Å². The number of nitrogens with one attached hydrogen (secondary N) is 1. The summed E-state index contributed by atoms with van der Waals surface area (Å²) in [5, 5.41) is 14.0. The third-order valence-electron chi connectivity index (χ3n) is 3.06. The summed E-state index contributed by atoms with van der Waals surface area (Å²) in [6.45, 7) is 0.710. The predicted octanol–water partition coefficient (Wildman–Crippen LogP) is 3.69. The Balaban J connectivity index is 1.93. The zero-order chi connectivity index (χ0) is 14.4. The molecule has 0 saturated carbocycles. The molecule has 2 aromatic rings. The van der Waals surface area contributed by atoms with Crippen molar-refractivity contribution in [3.05, 3.63) is 69.7 Å². The number of rotatable bonds is 6. The highest BCUT2D eigenvalue weighted by Gasteiger charge is 2.08. The van der Waals surface area contributed by atoms with Gasteiger partial charge >= 0.3 is 0 Å². The Morgan fingerprint density at radius 1 is 0.950 bits per heavy atom. The Morgan fingerprint density at radius 3 is 2.20 bits per heavy atom. The van der Waals surface area contributed by atoms with Crippen LogP contribution in [-0.4, -0.2) is 17.8 Å². The molecule has 4 heteroatoms. The molecule has 0 spiro atoms. The second-order valence-electron chi connectivity index (χ2n) is 4.73. The van der Waals surface area contributed by atoms with E-state index in [0.29, 0.717) is 16.6 Å². The van der Waals surface area contributed by atoms with Gasteiger partial charge in [-0.05, 0) is 35.7 Å². The number of hydrogen-bond acceptors (Lipinski definition) is 2. The van der Waals surface area contributed by atoms with Crippen LogP contribution in [0.2, 0.25) is 10.0 Å². The molecule has 106 valence electrons. The van der Waals surface area contributed by atoms with Gasteiger partial charge in [0, 0.05) is 22.6 Å². The Kier molecular flexibility index (Phi) is 5.86. The Bertz CT molecular complexity index is 525. The van der Waals surface area contributed by atoms with Crippen LogP contribution in [0.4, 0.5) is 0 Å². The highest BCUT2D eigenvalue weighted by atomic mass is 35.5. The van der Waals surface area contributed by atoms with E-state index in [1.165, 1.54) is 5.56 Å². The van der Waals surface area contributed by atoms with Crippen molar-refractivity contribution in [3.8, 4) is 0 Å². The average molecular weight is 310 g/mol. The van der Waals surface area contributed by atoms with Gasteiger partial charge in [0.05, 0.1) is 6.61 Å². The van der Waals surface area contributed by atoms with Gasteiger partial charge in [0.1, 0.15) is 0 Å². The maximum Gasteiger partial charge on any atom is 0.0587 e. The highest BCUT2D eigenvalue weighted by molar-refractivity contribution is 6.34. The first-order chi connectivity index (χ1) is 9.67. The van der Waals surface area contributed by atoms with E-state index in [-0.39, 0.29) is 12.6 Å². The summed E-state index contributed by atoms with van der Waals surface area (Å²) in [5.74, 6) is 0. The Labute approximate surface area is 129 Å². The average Bonchev–Trinajstić information content (AvgIpc) is 2.43. The minimum Gasteiger partial charge on any atom is -0.395 e. The molecule has 0 aromatic heterocycles. The molecule has 20 heavy (non-hydrogen) atoms. The molecule has 2 nitrogen and oxygen atoms in total. The summed E-state index contributed by atoms with van der Waals surface area (Å²) in [5.41, 5.74) is 2.21. The lowest BCUT2D eigenvalue weighted by Gasteiger charge is -2.16. The van der Waals surface area contributed by atoms with Crippen molar-refractivity contribution in [2.24, 2.45) is 0 Å². The van der Waals surface area contributed by atoms with Crippen LogP contribution in [0, 0.1) is 0 Å². The second kappa shape index (κ2) is 7.65. The van der Waals surface area contributed by atoms with E-state index in [4.69, 9.17) is 23.2 Å². The first kappa shape index (κ1) is 15.3. The lowest BCUT2D eigenvalue weighted by molar-refractivity contribution is 0.241. The summed E-state index contributed by atoms with van der Waals surface area (Å²) < 4.78 is 0. The summed E-state index contributed by atoms with van der Waals surface area (Å²) in [7, 11) is 0. The quantitative estimate of drug-likeness (QED) is 0.853. The van der Waals surface area contributed by atoms with Crippen molar-refractivity contribution in [1.29, 1.82) is 0 Å². The minimum absolute atomic E-state index is 0.00940. The van der Waals surface area contributed by atoms with Gasteiger partial charge < -0.3 is 10.4 Å². The van der Waals surface area contributed by atoms with Crippen LogP contribution in [0.1, 0.15) is 11.1 Å². The van der Waals surface area contributed by atoms with Gasteiger partial charge in [0.2, 0.25) is 0 Å². The van der Waals surface area contributed by atoms with E-state index >= 15 is 0 Å². The molecule has 0 radical (unpaired) electrons. The Morgan fingerprint density at radius 2 is 1.60 bits per heavy atom. The molecule has 2 rings (SSSR count). The molecular formula is C16H17Cl2NO. The third kappa shape index (κ3) is 4.80. The summed E-state index contributed by atoms with van der Waals surface area (Å²) >= 11 is 11.9. The Hall–Kier alpha value is -1.06. The van der Waals surface area contributed by atoms with Gasteiger partial charge in [0.25, 0.3) is 0 Å². The molecule has 0 heterocycles. The van der Waals surface area contributed by atoms with Crippen LogP contribution in [0.5, 0.6) is 0 Å². The molecule has 1 atom stereocenters. The SMILES string of the molecule is OC[C@H](Cc1ccccc1)NCc1cc(Cl)cc(Cl)c1. The molecule has 0 aliphatic carbocycles. The largest absolute Gasteiger partial charge is 0.395 e. The molecule has 0 unspecified atom stereocenters. The van der Waals surface area contributed by atoms with E-state index < -0.39 is 0 Å². The predicted molar refractivity (Wildman–Crippen MR) is 84.3 cm³/mol. The summed E-state index contributed by atoms with van der Waals surface area (Å²) in [6, 6.07) is 15.6. The number of halogens is 2. The molecule has 0 aliphatic rings. The molecule has 2 N–H and O–H groups in total. The number of aliphatic hydroxyl groups is 1. The zero-order valence-electron chi connectivity index (χ0n) is 11.0. The fourth-order valence-electron chi connectivity index (χ4n) is 2.08. The lowest BCUT2D eigenvalue weighted by atomic mass is 10.1. The zero-order valence-corrected chi connectivity index (χ0v) is 12.5. The number of hydrogen-bond donors (Lipinski definition) is 2. The topological polar surface area (TPSA) is 32.3 Å². The van der Waals surface area contributed by atoms with Crippen molar-refractivity contribution in [2.75, 3.05) is 6.61 Å². The standard InChI is InChI=1S/C16H17Cl2NO/c17-14-6-13(7-15(18)9-14)10-19-16(11-20)8-12-4-2-1-3-5-12/h1-7,9,16,19-20H,8,10-11H2/t16-/m0/s1. The molecular weight excluding hydrogens is 293 g/mol. The van der Waals surface area contributed by atoms with Crippen molar-refractivity contribution < 1.29 is 5.11 Å². The fourth-order valence-corrected chi connectivity index (χ4v) is 2.65. The van der Waals surface area contributed by atoms with Gasteiger partial charge in [-0.25, -0.2) is 0 Å². The monoisotopic (exact) mass is 309 g/mol. The summed E-state index contributed by atoms with van der Waals surface area (Å²) in [4.78, 5) is 0. The molecule has 0 bridgehead atoms. The van der Waals surface area contributed by atoms with Crippen LogP contribution < -0.4 is 5.32 Å². The highest BCUT2D eigenvalue weighted by Crippen LogP contribution is 2.19. The van der Waals surface area contributed by atoms with Gasteiger partial charge in [-0.3, -0.25) is 0 Å². The third-order valence-corrected chi connectivity index (χ3v) is 3.50. The molecule has 0 aliphatic heterocycles. The van der Waals surface area contributed by atoms with E-state index in [1.807, 2.05) is 30.3 Å². The molecule has 0 fully saturated rings.